The summed E-state index contributed by atoms with van der Waals surface area (Å²) in [6, 6.07) is 10.8. The van der Waals surface area contributed by atoms with E-state index in [1.165, 1.54) is 38.8 Å². The average molecular weight is 260 g/mol. The third-order valence-electron chi connectivity index (χ3n) is 4.29. The number of hydrogen-bond donors (Lipinski definition) is 0. The lowest BCUT2D eigenvalue weighted by atomic mass is 9.89. The van der Waals surface area contributed by atoms with Crippen molar-refractivity contribution in [3.8, 4) is 11.1 Å². The molecule has 98 valence electrons. The fourth-order valence-corrected chi connectivity index (χ4v) is 3.27. The monoisotopic (exact) mass is 260 g/mol. The molecule has 0 radical (unpaired) electrons. The second-order valence-electron chi connectivity index (χ2n) is 5.52. The van der Waals surface area contributed by atoms with E-state index in [-0.39, 0.29) is 0 Å². The van der Waals surface area contributed by atoms with E-state index in [0.29, 0.717) is 0 Å². The zero-order chi connectivity index (χ0) is 13.7. The van der Waals surface area contributed by atoms with Crippen LogP contribution in [0.15, 0.2) is 47.1 Å². The molecule has 0 N–H and O–H groups in total. The number of furan rings is 1. The summed E-state index contributed by atoms with van der Waals surface area (Å²) in [6.07, 6.45) is 7.31. The third-order valence-corrected chi connectivity index (χ3v) is 4.29. The second kappa shape index (κ2) is 4.11. The molecule has 20 heavy (non-hydrogen) atoms. The van der Waals surface area contributed by atoms with Crippen molar-refractivity contribution in [3.63, 3.8) is 0 Å². The van der Waals surface area contributed by atoms with Crippen LogP contribution in [0.2, 0.25) is 0 Å². The van der Waals surface area contributed by atoms with Crippen molar-refractivity contribution in [2.45, 2.75) is 20.3 Å². The molecular weight excluding hydrogens is 244 g/mol. The van der Waals surface area contributed by atoms with Crippen molar-refractivity contribution in [3.05, 3.63) is 64.9 Å². The molecule has 0 saturated carbocycles. The summed E-state index contributed by atoms with van der Waals surface area (Å²) in [5.41, 5.74) is 9.12. The van der Waals surface area contributed by atoms with Crippen LogP contribution in [-0.2, 0) is 6.42 Å². The lowest BCUT2D eigenvalue weighted by molar-refractivity contribution is 0.616. The normalized spacial score (nSPS) is 13.1. The van der Waals surface area contributed by atoms with Gasteiger partial charge in [0.05, 0.1) is 6.26 Å². The van der Waals surface area contributed by atoms with Crippen LogP contribution in [0.4, 0.5) is 0 Å². The Labute approximate surface area is 118 Å². The first-order valence-corrected chi connectivity index (χ1v) is 7.02. The van der Waals surface area contributed by atoms with Gasteiger partial charge in [0.25, 0.3) is 0 Å². The molecule has 1 nitrogen and oxygen atoms in total. The van der Waals surface area contributed by atoms with E-state index in [1.54, 1.807) is 6.26 Å². The first-order chi connectivity index (χ1) is 9.75. The van der Waals surface area contributed by atoms with Gasteiger partial charge in [0.15, 0.2) is 0 Å². The van der Waals surface area contributed by atoms with E-state index in [4.69, 9.17) is 4.42 Å². The quantitative estimate of drug-likeness (QED) is 0.579. The topological polar surface area (TPSA) is 13.1 Å². The number of fused-ring (bicyclic) bond motifs is 2. The lowest BCUT2D eigenvalue weighted by Crippen LogP contribution is -1.94. The molecule has 0 aliphatic heterocycles. The molecule has 0 atom stereocenters. The van der Waals surface area contributed by atoms with E-state index in [2.05, 4.69) is 56.3 Å². The molecule has 1 heteroatoms. The predicted octanol–water partition coefficient (Wildman–Crippen LogP) is 5.29. The van der Waals surface area contributed by atoms with Crippen molar-refractivity contribution >= 4 is 17.0 Å². The third kappa shape index (κ3) is 1.50. The van der Waals surface area contributed by atoms with E-state index in [9.17, 15) is 0 Å². The van der Waals surface area contributed by atoms with Crippen LogP contribution in [0, 0.1) is 13.8 Å². The van der Waals surface area contributed by atoms with E-state index in [1.807, 2.05) is 0 Å². The van der Waals surface area contributed by atoms with Gasteiger partial charge in [-0.25, -0.2) is 0 Å². The molecule has 0 unspecified atom stereocenters. The maximum Gasteiger partial charge on any atom is 0.134 e. The van der Waals surface area contributed by atoms with Crippen molar-refractivity contribution in [1.29, 1.82) is 0 Å². The van der Waals surface area contributed by atoms with Gasteiger partial charge in [-0.2, -0.15) is 0 Å². The van der Waals surface area contributed by atoms with Crippen molar-refractivity contribution in [2.24, 2.45) is 0 Å². The molecule has 1 aromatic heterocycles. The smallest absolute Gasteiger partial charge is 0.134 e. The Morgan fingerprint density at radius 3 is 2.70 bits per heavy atom. The van der Waals surface area contributed by atoms with Crippen LogP contribution in [0.25, 0.3) is 28.2 Å². The predicted molar refractivity (Wildman–Crippen MR) is 83.9 cm³/mol. The van der Waals surface area contributed by atoms with Crippen molar-refractivity contribution in [1.82, 2.24) is 0 Å². The summed E-state index contributed by atoms with van der Waals surface area (Å²) in [7, 11) is 0. The maximum absolute atomic E-state index is 5.56. The number of aryl methyl sites for hydroxylation is 2. The fraction of sp³-hybridized carbons (Fsp3) is 0.158. The summed E-state index contributed by atoms with van der Waals surface area (Å²) in [6.45, 7) is 4.36. The molecule has 0 amide bonds. The lowest BCUT2D eigenvalue weighted by Gasteiger charge is -2.14. The van der Waals surface area contributed by atoms with E-state index < -0.39 is 0 Å². The fourth-order valence-electron chi connectivity index (χ4n) is 3.27. The Kier molecular flexibility index (Phi) is 2.37. The molecule has 1 aliphatic carbocycles. The molecule has 0 fully saturated rings. The average Bonchev–Trinajstić information content (AvgIpc) is 3.08. The zero-order valence-corrected chi connectivity index (χ0v) is 11.7. The Bertz CT molecular complexity index is 850. The largest absolute Gasteiger partial charge is 0.464 e. The molecule has 3 aromatic rings. The van der Waals surface area contributed by atoms with E-state index >= 15 is 0 Å². The van der Waals surface area contributed by atoms with Crippen LogP contribution in [-0.4, -0.2) is 0 Å². The van der Waals surface area contributed by atoms with Crippen molar-refractivity contribution in [2.75, 3.05) is 0 Å². The van der Waals surface area contributed by atoms with Gasteiger partial charge in [-0.05, 0) is 65.8 Å². The second-order valence-corrected chi connectivity index (χ2v) is 5.52. The molecule has 4 rings (SSSR count). The highest BCUT2D eigenvalue weighted by Gasteiger charge is 2.17. The van der Waals surface area contributed by atoms with Crippen LogP contribution in [0.3, 0.4) is 0 Å². The standard InChI is InChI=1S/C19H16O/c1-12-6-8-16(15-5-3-4-14(12)15)19-13(2)7-9-18-17(19)10-11-20-18/h3-4,6-11H,5H2,1-2H3. The molecule has 1 aliphatic rings. The SMILES string of the molecule is Cc1ccc(-c2c(C)ccc3occc23)c2c1C=CC2. The first-order valence-electron chi connectivity index (χ1n) is 7.02. The maximum atomic E-state index is 5.56. The highest BCUT2D eigenvalue weighted by Crippen LogP contribution is 2.38. The Hall–Kier alpha value is -2.28. The Balaban J connectivity index is 2.09. The van der Waals surface area contributed by atoms with Gasteiger partial charge in [0, 0.05) is 5.39 Å². The van der Waals surface area contributed by atoms with Crippen LogP contribution >= 0.6 is 0 Å². The minimum atomic E-state index is 0.964. The minimum Gasteiger partial charge on any atom is -0.464 e. The van der Waals surface area contributed by atoms with Crippen LogP contribution in [0.1, 0.15) is 22.3 Å². The van der Waals surface area contributed by atoms with E-state index in [0.717, 1.165) is 12.0 Å². The van der Waals surface area contributed by atoms with Gasteiger partial charge in [-0.15, -0.1) is 0 Å². The molecule has 0 saturated heterocycles. The van der Waals surface area contributed by atoms with Crippen LogP contribution < -0.4 is 0 Å². The highest BCUT2D eigenvalue weighted by atomic mass is 16.3. The van der Waals surface area contributed by atoms with Gasteiger partial charge in [0.2, 0.25) is 0 Å². The van der Waals surface area contributed by atoms with Gasteiger partial charge >= 0.3 is 0 Å². The minimum absolute atomic E-state index is 0.964. The Morgan fingerprint density at radius 1 is 0.950 bits per heavy atom. The summed E-state index contributed by atoms with van der Waals surface area (Å²) < 4.78 is 5.56. The van der Waals surface area contributed by atoms with Crippen molar-refractivity contribution < 1.29 is 4.42 Å². The van der Waals surface area contributed by atoms with Gasteiger partial charge in [-0.1, -0.05) is 30.4 Å². The number of benzene rings is 2. The summed E-state index contributed by atoms with van der Waals surface area (Å²) in [5.74, 6) is 0. The van der Waals surface area contributed by atoms with Gasteiger partial charge in [-0.3, -0.25) is 0 Å². The molecule has 2 aromatic carbocycles. The zero-order valence-electron chi connectivity index (χ0n) is 11.7. The highest BCUT2D eigenvalue weighted by molar-refractivity contribution is 5.97. The van der Waals surface area contributed by atoms with Gasteiger partial charge < -0.3 is 4.42 Å². The molecule has 1 heterocycles. The number of rotatable bonds is 1. The van der Waals surface area contributed by atoms with Gasteiger partial charge in [0.1, 0.15) is 5.58 Å². The summed E-state index contributed by atoms with van der Waals surface area (Å²) >= 11 is 0. The molecule has 0 bridgehead atoms. The molecule has 0 spiro atoms. The molecular formula is C19H16O. The first kappa shape index (κ1) is 11.5. The number of allylic oxidation sites excluding steroid dienone is 1. The summed E-state index contributed by atoms with van der Waals surface area (Å²) in [4.78, 5) is 0. The van der Waals surface area contributed by atoms with Crippen LogP contribution in [0.5, 0.6) is 0 Å². The summed E-state index contributed by atoms with van der Waals surface area (Å²) in [5, 5.41) is 1.21. The number of hydrogen-bond acceptors (Lipinski definition) is 1. The Morgan fingerprint density at radius 2 is 1.80 bits per heavy atom.